The highest BCUT2D eigenvalue weighted by atomic mass is 16.5. The van der Waals surface area contributed by atoms with E-state index < -0.39 is 5.54 Å². The maximum atomic E-state index is 13.1. The molecule has 0 unspecified atom stereocenters. The predicted molar refractivity (Wildman–Crippen MR) is 129 cm³/mol. The number of H-pyrrole nitrogens is 1. The van der Waals surface area contributed by atoms with Crippen LogP contribution in [0.15, 0.2) is 49.3 Å². The zero-order valence-corrected chi connectivity index (χ0v) is 19.4. The molecule has 3 aromatic rings. The zero-order valence-electron chi connectivity index (χ0n) is 19.4. The van der Waals surface area contributed by atoms with Crippen LogP contribution in [0.2, 0.25) is 0 Å². The molecule has 34 heavy (non-hydrogen) atoms. The number of carbonyl (C=O) groups is 2. The summed E-state index contributed by atoms with van der Waals surface area (Å²) >= 11 is 0. The normalized spacial score (nSPS) is 19.3. The molecule has 4 heterocycles. The van der Waals surface area contributed by atoms with E-state index in [9.17, 15) is 9.59 Å². The van der Waals surface area contributed by atoms with Gasteiger partial charge in [-0.2, -0.15) is 0 Å². The monoisotopic (exact) mass is 460 g/mol. The van der Waals surface area contributed by atoms with E-state index in [2.05, 4.69) is 26.8 Å². The first kappa shape index (κ1) is 21.9. The molecule has 1 atom stereocenters. The number of aromatic amines is 1. The fraction of sp³-hybridized carbons (Fsp3) is 0.360. The number of amides is 2. The van der Waals surface area contributed by atoms with Gasteiger partial charge in [0.2, 0.25) is 5.91 Å². The van der Waals surface area contributed by atoms with Crippen LogP contribution in [0.3, 0.4) is 0 Å². The molecular formula is C25H28N6O3. The average Bonchev–Trinajstić information content (AvgIpc) is 3.26. The minimum Gasteiger partial charge on any atom is -0.491 e. The Morgan fingerprint density at radius 1 is 1.29 bits per heavy atom. The van der Waals surface area contributed by atoms with Gasteiger partial charge in [-0.1, -0.05) is 24.8 Å². The lowest BCUT2D eigenvalue weighted by Crippen LogP contribution is -2.61. The van der Waals surface area contributed by atoms with Crippen molar-refractivity contribution in [2.45, 2.75) is 31.8 Å². The number of ether oxygens (including phenoxy) is 1. The summed E-state index contributed by atoms with van der Waals surface area (Å²) in [7, 11) is 0. The minimum atomic E-state index is -0.393. The van der Waals surface area contributed by atoms with Gasteiger partial charge in [0.1, 0.15) is 23.7 Å². The summed E-state index contributed by atoms with van der Waals surface area (Å²) in [5, 5.41) is 3.07. The Labute approximate surface area is 197 Å². The number of fused-ring (bicyclic) bond motifs is 2. The number of carbonyl (C=O) groups excluding carboxylic acids is 2. The van der Waals surface area contributed by atoms with Gasteiger partial charge in [-0.05, 0) is 38.0 Å². The first-order chi connectivity index (χ1) is 16.4. The van der Waals surface area contributed by atoms with Gasteiger partial charge in [0.25, 0.3) is 5.91 Å². The Morgan fingerprint density at radius 2 is 2.12 bits per heavy atom. The number of benzene rings is 1. The van der Waals surface area contributed by atoms with Gasteiger partial charge in [-0.3, -0.25) is 9.59 Å². The van der Waals surface area contributed by atoms with E-state index in [4.69, 9.17) is 9.72 Å². The van der Waals surface area contributed by atoms with Gasteiger partial charge in [-0.15, -0.1) is 0 Å². The van der Waals surface area contributed by atoms with E-state index in [-0.39, 0.29) is 17.9 Å². The fourth-order valence-electron chi connectivity index (χ4n) is 4.76. The summed E-state index contributed by atoms with van der Waals surface area (Å²) in [5.41, 5.74) is 2.21. The number of hydrogen-bond acceptors (Lipinski definition) is 6. The summed E-state index contributed by atoms with van der Waals surface area (Å²) in [6.07, 6.45) is 5.41. The molecule has 0 aliphatic carbocycles. The van der Waals surface area contributed by atoms with Gasteiger partial charge in [0.05, 0.1) is 23.3 Å². The molecule has 9 nitrogen and oxygen atoms in total. The van der Waals surface area contributed by atoms with E-state index in [0.29, 0.717) is 55.2 Å². The summed E-state index contributed by atoms with van der Waals surface area (Å²) in [4.78, 5) is 41.6. The number of aromatic nitrogens is 3. The number of hydrogen-bond donors (Lipinski definition) is 2. The second kappa shape index (κ2) is 8.48. The van der Waals surface area contributed by atoms with Crippen molar-refractivity contribution in [3.8, 4) is 5.75 Å². The van der Waals surface area contributed by atoms with Gasteiger partial charge in [0, 0.05) is 25.8 Å². The Hall–Kier alpha value is -3.88. The van der Waals surface area contributed by atoms with Crippen LogP contribution >= 0.6 is 0 Å². The Kier molecular flexibility index (Phi) is 5.47. The maximum absolute atomic E-state index is 13.1. The van der Waals surface area contributed by atoms with Crippen molar-refractivity contribution >= 4 is 28.8 Å². The van der Waals surface area contributed by atoms with Gasteiger partial charge in [0.15, 0.2) is 5.65 Å². The van der Waals surface area contributed by atoms with Crippen molar-refractivity contribution in [3.05, 3.63) is 60.4 Å². The highest BCUT2D eigenvalue weighted by Crippen LogP contribution is 2.27. The van der Waals surface area contributed by atoms with E-state index in [1.54, 1.807) is 12.4 Å². The molecule has 1 saturated heterocycles. The lowest BCUT2D eigenvalue weighted by Gasteiger charge is -2.47. The molecule has 5 rings (SSSR count). The lowest BCUT2D eigenvalue weighted by atomic mass is 9.98. The molecular weight excluding hydrogens is 432 g/mol. The van der Waals surface area contributed by atoms with Crippen LogP contribution in [-0.4, -0.2) is 69.5 Å². The first-order valence-corrected chi connectivity index (χ1v) is 11.4. The topological polar surface area (TPSA) is 103 Å². The van der Waals surface area contributed by atoms with E-state index >= 15 is 0 Å². The molecule has 1 aromatic carbocycles. The smallest absolute Gasteiger partial charge is 0.255 e. The van der Waals surface area contributed by atoms with Crippen molar-refractivity contribution < 1.29 is 14.3 Å². The van der Waals surface area contributed by atoms with Crippen molar-refractivity contribution in [1.82, 2.24) is 25.2 Å². The van der Waals surface area contributed by atoms with Crippen molar-refractivity contribution in [1.29, 1.82) is 0 Å². The number of para-hydroxylation sites is 1. The molecule has 2 amide bonds. The Balaban J connectivity index is 1.34. The molecule has 176 valence electrons. The zero-order chi connectivity index (χ0) is 23.9. The summed E-state index contributed by atoms with van der Waals surface area (Å²) in [5.74, 6) is 1.25. The van der Waals surface area contributed by atoms with Gasteiger partial charge >= 0.3 is 0 Å². The van der Waals surface area contributed by atoms with Crippen LogP contribution in [0.4, 0.5) is 5.82 Å². The number of rotatable bonds is 4. The standard InChI is InChI=1S/C25H28N6O3/c1-4-21(32)31-10-9-30(15-25(31,2)3)20-13-27-23-22(29-20)18(12-26-23)24(33)28-17-11-16-7-5-6-8-19(16)34-14-17/h4-8,12-13,17H,1,9-11,14-15H2,2-3H3,(H,26,27)(H,28,33)/t17-/m0/s1. The van der Waals surface area contributed by atoms with Crippen LogP contribution in [0.5, 0.6) is 5.75 Å². The summed E-state index contributed by atoms with van der Waals surface area (Å²) in [6, 6.07) is 7.75. The highest BCUT2D eigenvalue weighted by molar-refractivity contribution is 6.04. The van der Waals surface area contributed by atoms with E-state index in [1.807, 2.05) is 43.0 Å². The third-order valence-electron chi connectivity index (χ3n) is 6.49. The first-order valence-electron chi connectivity index (χ1n) is 11.4. The molecule has 2 aromatic heterocycles. The van der Waals surface area contributed by atoms with Crippen LogP contribution in [-0.2, 0) is 11.2 Å². The quantitative estimate of drug-likeness (QED) is 0.579. The largest absolute Gasteiger partial charge is 0.491 e. The second-order valence-electron chi connectivity index (χ2n) is 9.35. The molecule has 2 aliphatic heterocycles. The molecule has 2 aliphatic rings. The van der Waals surface area contributed by atoms with Gasteiger partial charge in [-0.25, -0.2) is 9.97 Å². The number of piperazine rings is 1. The fourth-order valence-corrected chi connectivity index (χ4v) is 4.76. The summed E-state index contributed by atoms with van der Waals surface area (Å²) < 4.78 is 5.80. The van der Waals surface area contributed by atoms with Crippen molar-refractivity contribution in [2.75, 3.05) is 31.1 Å². The highest BCUT2D eigenvalue weighted by Gasteiger charge is 2.36. The van der Waals surface area contributed by atoms with Crippen molar-refractivity contribution in [3.63, 3.8) is 0 Å². The lowest BCUT2D eigenvalue weighted by molar-refractivity contribution is -0.131. The van der Waals surface area contributed by atoms with E-state index in [0.717, 1.165) is 11.3 Å². The Bertz CT molecular complexity index is 1270. The van der Waals surface area contributed by atoms with Crippen LogP contribution < -0.4 is 15.0 Å². The van der Waals surface area contributed by atoms with Crippen LogP contribution in [0, 0.1) is 0 Å². The third-order valence-corrected chi connectivity index (χ3v) is 6.49. The van der Waals surface area contributed by atoms with Gasteiger partial charge < -0.3 is 24.8 Å². The van der Waals surface area contributed by atoms with Crippen molar-refractivity contribution in [2.24, 2.45) is 0 Å². The SMILES string of the molecule is C=CC(=O)N1CCN(c2cnc3[nH]cc(C(=O)N[C@@H]4COc5ccccc5C4)c3n2)CC1(C)C. The average molecular weight is 461 g/mol. The van der Waals surface area contributed by atoms with E-state index in [1.165, 1.54) is 6.08 Å². The third kappa shape index (κ3) is 3.98. The number of nitrogens with one attached hydrogen (secondary N) is 2. The molecule has 0 saturated carbocycles. The predicted octanol–water partition coefficient (Wildman–Crippen LogP) is 2.30. The second-order valence-corrected chi connectivity index (χ2v) is 9.35. The molecule has 0 spiro atoms. The molecule has 0 radical (unpaired) electrons. The maximum Gasteiger partial charge on any atom is 0.255 e. The number of nitrogens with zero attached hydrogens (tertiary/aromatic N) is 4. The van der Waals surface area contributed by atoms with Crippen LogP contribution in [0.25, 0.3) is 11.2 Å². The molecule has 1 fully saturated rings. The van der Waals surface area contributed by atoms with Crippen LogP contribution in [0.1, 0.15) is 29.8 Å². The molecule has 0 bridgehead atoms. The number of anilines is 1. The Morgan fingerprint density at radius 3 is 2.91 bits per heavy atom. The summed E-state index contributed by atoms with van der Waals surface area (Å²) in [6.45, 7) is 9.84. The molecule has 2 N–H and O–H groups in total. The molecule has 9 heteroatoms. The minimum absolute atomic E-state index is 0.0786.